The Morgan fingerprint density at radius 2 is 0.821 bits per heavy atom. The Labute approximate surface area is 383 Å². The summed E-state index contributed by atoms with van der Waals surface area (Å²) in [6.45, 7) is 6.21. The highest BCUT2D eigenvalue weighted by Gasteiger charge is 2.38. The Balaban J connectivity index is 0.000000251. The van der Waals surface area contributed by atoms with Crippen molar-refractivity contribution in [1.29, 1.82) is 0 Å². The molecule has 4 aromatic rings. The Morgan fingerprint density at radius 1 is 0.493 bits per heavy atom. The number of piperazine rings is 2. The van der Waals surface area contributed by atoms with Gasteiger partial charge in [0.15, 0.2) is 5.69 Å². The van der Waals surface area contributed by atoms with Crippen molar-refractivity contribution in [3.63, 3.8) is 0 Å². The Morgan fingerprint density at radius 3 is 1.15 bits per heavy atom. The van der Waals surface area contributed by atoms with Gasteiger partial charge in [0.2, 0.25) is 31.9 Å². The zero-order valence-electron chi connectivity index (χ0n) is 34.1. The van der Waals surface area contributed by atoms with Crippen LogP contribution in [0.25, 0.3) is 4.85 Å². The van der Waals surface area contributed by atoms with Gasteiger partial charge in [0.1, 0.15) is 0 Å². The zero-order valence-corrected chi connectivity index (χ0v) is 37.3. The minimum absolute atomic E-state index is 0.00116. The molecule has 2 heterocycles. The maximum Gasteiger partial charge on any atom is 0.416 e. The van der Waals surface area contributed by atoms with Crippen molar-refractivity contribution < 1.29 is 79.1 Å². The molecular formula is C41H34BrF12N5O6S2. The SMILES string of the molecule is O=C(Cc1ccc(C(F)(F)F)cc1)N1CCN(S(=O)(=O)c2cc(Br)cc(C(F)(F)F)c2)CC1.[C-]#[N+]c1cc(C(F)(F)F)cc(S(=O)(=O)N2CCN(C(=O)Cc3ccc(C(F)(F)F)cc3)CC2)c1. The molecule has 0 N–H and O–H groups in total. The highest BCUT2D eigenvalue weighted by molar-refractivity contribution is 9.10. The van der Waals surface area contributed by atoms with Crippen molar-refractivity contribution in [1.82, 2.24) is 18.4 Å². The Hall–Kier alpha value is -5.23. The van der Waals surface area contributed by atoms with Crippen LogP contribution in [-0.4, -0.2) is 99.4 Å². The van der Waals surface area contributed by atoms with Gasteiger partial charge in [-0.1, -0.05) is 40.2 Å². The molecule has 2 aliphatic rings. The molecule has 2 amide bonds. The minimum atomic E-state index is -4.84. The molecule has 0 atom stereocenters. The van der Waals surface area contributed by atoms with Gasteiger partial charge < -0.3 is 9.80 Å². The molecule has 0 unspecified atom stereocenters. The van der Waals surface area contributed by atoms with Crippen molar-refractivity contribution in [3.05, 3.63) is 134 Å². The van der Waals surface area contributed by atoms with Gasteiger partial charge in [0.25, 0.3) is 0 Å². The molecule has 362 valence electrons. The molecule has 67 heavy (non-hydrogen) atoms. The predicted octanol–water partition coefficient (Wildman–Crippen LogP) is 8.91. The molecule has 2 aliphatic heterocycles. The number of rotatable bonds is 8. The van der Waals surface area contributed by atoms with Crippen molar-refractivity contribution >= 4 is 53.5 Å². The summed E-state index contributed by atoms with van der Waals surface area (Å²) < 4.78 is 208. The second-order valence-electron chi connectivity index (χ2n) is 14.8. The lowest BCUT2D eigenvalue weighted by Crippen LogP contribution is -2.50. The summed E-state index contributed by atoms with van der Waals surface area (Å²) in [6, 6.07) is 12.5. The van der Waals surface area contributed by atoms with E-state index in [9.17, 15) is 79.1 Å². The van der Waals surface area contributed by atoms with Crippen LogP contribution in [0.3, 0.4) is 0 Å². The monoisotopic (exact) mass is 1060 g/mol. The molecule has 0 bridgehead atoms. The third kappa shape index (κ3) is 13.5. The van der Waals surface area contributed by atoms with Crippen LogP contribution in [0.2, 0.25) is 0 Å². The molecule has 0 saturated carbocycles. The van der Waals surface area contributed by atoms with E-state index in [1.807, 2.05) is 0 Å². The average molecular weight is 1060 g/mol. The highest BCUT2D eigenvalue weighted by atomic mass is 79.9. The molecule has 2 fully saturated rings. The lowest BCUT2D eigenvalue weighted by Gasteiger charge is -2.34. The molecule has 0 spiro atoms. The Bertz CT molecular complexity index is 2710. The zero-order chi connectivity index (χ0) is 49.9. The van der Waals surface area contributed by atoms with Crippen LogP contribution in [-0.2, 0) is 67.2 Å². The third-order valence-corrected chi connectivity index (χ3v) is 14.5. The molecule has 6 rings (SSSR count). The largest absolute Gasteiger partial charge is 0.416 e. The number of hydrogen-bond acceptors (Lipinski definition) is 6. The quantitative estimate of drug-likeness (QED) is 0.129. The van der Waals surface area contributed by atoms with Gasteiger partial charge in [-0.05, 0) is 71.8 Å². The van der Waals surface area contributed by atoms with Crippen LogP contribution in [0.4, 0.5) is 58.4 Å². The maximum absolute atomic E-state index is 13.1. The number of halogens is 13. The normalized spacial score (nSPS) is 15.9. The second kappa shape index (κ2) is 20.2. The minimum Gasteiger partial charge on any atom is -0.340 e. The fourth-order valence-electron chi connectivity index (χ4n) is 6.69. The molecular weight excluding hydrogens is 1030 g/mol. The summed E-state index contributed by atoms with van der Waals surface area (Å²) in [7, 11) is -8.59. The standard InChI is InChI=1S/C21H17F6N3O3S.C20H17BrF6N2O3S/c1-28-17-11-16(21(25,26)27)12-18(13-17)34(32,33)30-8-6-29(7-9-30)19(31)10-14-2-4-15(5-3-14)20(22,23)24;21-16-10-15(20(25,26)27)11-17(12-16)33(31,32)29-7-5-28(6-8-29)18(30)9-13-1-3-14(4-2-13)19(22,23)24/h2-5,11-13H,6-10H2;1-4,10-12H,5-9H2. The number of alkyl halides is 12. The fraction of sp³-hybridized carbons (Fsp3) is 0.341. The first-order valence-electron chi connectivity index (χ1n) is 19.3. The van der Waals surface area contributed by atoms with Gasteiger partial charge in [-0.15, -0.1) is 0 Å². The first kappa shape index (κ1) is 52.7. The van der Waals surface area contributed by atoms with Gasteiger partial charge in [0, 0.05) is 62.4 Å². The van der Waals surface area contributed by atoms with Crippen LogP contribution in [0.15, 0.2) is 99.2 Å². The summed E-state index contributed by atoms with van der Waals surface area (Å²) in [5.41, 5.74) is -3.80. The van der Waals surface area contributed by atoms with E-state index in [0.29, 0.717) is 29.3 Å². The van der Waals surface area contributed by atoms with Crippen LogP contribution >= 0.6 is 15.9 Å². The lowest BCUT2D eigenvalue weighted by atomic mass is 10.1. The van der Waals surface area contributed by atoms with Crippen molar-refractivity contribution in [2.75, 3.05) is 52.4 Å². The van der Waals surface area contributed by atoms with Gasteiger partial charge in [0.05, 0.1) is 45.9 Å². The summed E-state index contributed by atoms with van der Waals surface area (Å²) in [4.78, 5) is 29.4. The molecule has 0 aliphatic carbocycles. The summed E-state index contributed by atoms with van der Waals surface area (Å²) >= 11 is 2.90. The van der Waals surface area contributed by atoms with E-state index in [-0.39, 0.29) is 69.7 Å². The molecule has 0 radical (unpaired) electrons. The maximum atomic E-state index is 13.1. The van der Waals surface area contributed by atoms with E-state index >= 15 is 0 Å². The van der Waals surface area contributed by atoms with Crippen molar-refractivity contribution in [2.45, 2.75) is 47.3 Å². The molecule has 26 heteroatoms. The van der Waals surface area contributed by atoms with E-state index in [1.54, 1.807) is 0 Å². The predicted molar refractivity (Wildman–Crippen MR) is 218 cm³/mol. The smallest absolute Gasteiger partial charge is 0.340 e. The van der Waals surface area contributed by atoms with E-state index < -0.39 is 94.3 Å². The molecule has 4 aromatic carbocycles. The Kier molecular flexibility index (Phi) is 15.9. The number of hydrogen-bond donors (Lipinski definition) is 0. The summed E-state index contributed by atoms with van der Waals surface area (Å²) in [6.07, 6.45) is -18.9. The second-order valence-corrected chi connectivity index (χ2v) is 19.6. The number of nitrogens with zero attached hydrogens (tertiary/aromatic N) is 5. The van der Waals surface area contributed by atoms with Crippen molar-refractivity contribution in [3.8, 4) is 0 Å². The third-order valence-electron chi connectivity index (χ3n) is 10.3. The molecule has 0 aromatic heterocycles. The van der Waals surface area contributed by atoms with Crippen LogP contribution in [0.5, 0.6) is 0 Å². The molecule has 2 saturated heterocycles. The van der Waals surface area contributed by atoms with Crippen LogP contribution < -0.4 is 0 Å². The first-order valence-corrected chi connectivity index (χ1v) is 22.9. The van der Waals surface area contributed by atoms with Crippen molar-refractivity contribution in [2.24, 2.45) is 0 Å². The van der Waals surface area contributed by atoms with E-state index in [4.69, 9.17) is 6.57 Å². The number of carbonyl (C=O) groups is 2. The summed E-state index contributed by atoms with van der Waals surface area (Å²) in [5.74, 6) is -0.820. The average Bonchev–Trinajstić information content (AvgIpc) is 3.25. The number of sulfonamides is 2. The number of amides is 2. The summed E-state index contributed by atoms with van der Waals surface area (Å²) in [5, 5.41) is 0. The van der Waals surface area contributed by atoms with Crippen LogP contribution in [0.1, 0.15) is 33.4 Å². The van der Waals surface area contributed by atoms with Gasteiger partial charge in [-0.25, -0.2) is 21.7 Å². The van der Waals surface area contributed by atoms with Gasteiger partial charge in [-0.2, -0.15) is 61.3 Å². The van der Waals surface area contributed by atoms with E-state index in [2.05, 4.69) is 20.8 Å². The lowest BCUT2D eigenvalue weighted by molar-refractivity contribution is -0.138. The van der Waals surface area contributed by atoms with Gasteiger partial charge >= 0.3 is 24.7 Å². The van der Waals surface area contributed by atoms with Crippen LogP contribution in [0, 0.1) is 6.57 Å². The topological polar surface area (TPSA) is 120 Å². The van der Waals surface area contributed by atoms with Gasteiger partial charge in [-0.3, -0.25) is 9.59 Å². The fourth-order valence-corrected chi connectivity index (χ4v) is 10.3. The molecule has 11 nitrogen and oxygen atoms in total. The number of benzene rings is 4. The number of carbonyl (C=O) groups excluding carboxylic acids is 2. The highest BCUT2D eigenvalue weighted by Crippen LogP contribution is 2.37. The van der Waals surface area contributed by atoms with E-state index in [1.165, 1.54) is 34.1 Å². The van der Waals surface area contributed by atoms with E-state index in [0.717, 1.165) is 51.1 Å². The first-order chi connectivity index (χ1) is 30.9.